The van der Waals surface area contributed by atoms with Gasteiger partial charge in [-0.3, -0.25) is 9.59 Å². The van der Waals surface area contributed by atoms with Gasteiger partial charge in [0.25, 0.3) is 0 Å². The molecule has 0 aliphatic carbocycles. The van der Waals surface area contributed by atoms with E-state index in [-0.39, 0.29) is 18.4 Å². The first-order valence-electron chi connectivity index (χ1n) is 4.75. The van der Waals surface area contributed by atoms with Crippen LogP contribution in [-0.4, -0.2) is 38.6 Å². The molecule has 0 radical (unpaired) electrons. The maximum atomic E-state index is 11.0. The number of methoxy groups -OCH3 is 1. The minimum atomic E-state index is -0.320. The van der Waals surface area contributed by atoms with E-state index in [4.69, 9.17) is 0 Å². The van der Waals surface area contributed by atoms with E-state index in [1.807, 2.05) is 6.92 Å². The highest BCUT2D eigenvalue weighted by molar-refractivity contribution is 5.76. The van der Waals surface area contributed by atoms with E-state index in [0.29, 0.717) is 19.5 Å². The van der Waals surface area contributed by atoms with E-state index in [1.165, 1.54) is 7.11 Å². The smallest absolute Gasteiger partial charge is 0.319 e. The number of ether oxygens (including phenoxy) is 1. The average molecular weight is 202 g/mol. The second-order valence-corrected chi connectivity index (χ2v) is 2.85. The summed E-state index contributed by atoms with van der Waals surface area (Å²) in [5.74, 6) is -0.316. The zero-order valence-electron chi connectivity index (χ0n) is 8.76. The van der Waals surface area contributed by atoms with Crippen LogP contribution in [0, 0.1) is 0 Å². The highest BCUT2D eigenvalue weighted by atomic mass is 16.5. The third-order valence-corrected chi connectivity index (χ3v) is 1.60. The van der Waals surface area contributed by atoms with Gasteiger partial charge < -0.3 is 15.4 Å². The van der Waals surface area contributed by atoms with Crippen LogP contribution >= 0.6 is 0 Å². The van der Waals surface area contributed by atoms with Crippen molar-refractivity contribution in [3.63, 3.8) is 0 Å². The third kappa shape index (κ3) is 7.54. The first-order chi connectivity index (χ1) is 6.70. The highest BCUT2D eigenvalue weighted by Crippen LogP contribution is 1.79. The van der Waals surface area contributed by atoms with Crippen molar-refractivity contribution >= 4 is 11.9 Å². The molecule has 0 fully saturated rings. The molecule has 0 aromatic rings. The van der Waals surface area contributed by atoms with Gasteiger partial charge in [-0.15, -0.1) is 0 Å². The second-order valence-electron chi connectivity index (χ2n) is 2.85. The number of hydrogen-bond acceptors (Lipinski definition) is 4. The maximum absolute atomic E-state index is 11.0. The normalized spacial score (nSPS) is 9.57. The summed E-state index contributed by atoms with van der Waals surface area (Å²) in [4.78, 5) is 21.7. The average Bonchev–Trinajstić information content (AvgIpc) is 2.21. The Morgan fingerprint density at radius 2 is 2.00 bits per heavy atom. The van der Waals surface area contributed by atoms with Gasteiger partial charge in [-0.25, -0.2) is 0 Å². The predicted molar refractivity (Wildman–Crippen MR) is 52.8 cm³/mol. The molecule has 0 spiro atoms. The van der Waals surface area contributed by atoms with Crippen LogP contribution < -0.4 is 10.6 Å². The quantitative estimate of drug-likeness (QED) is 0.438. The van der Waals surface area contributed by atoms with Crippen molar-refractivity contribution in [2.24, 2.45) is 0 Å². The first kappa shape index (κ1) is 12.9. The number of hydrogen-bond donors (Lipinski definition) is 2. The van der Waals surface area contributed by atoms with Gasteiger partial charge in [0.2, 0.25) is 5.91 Å². The Balaban J connectivity index is 3.27. The SMILES string of the molecule is CCCNC(=O)CCNCC(=O)OC. The van der Waals surface area contributed by atoms with Crippen LogP contribution in [0.15, 0.2) is 0 Å². The van der Waals surface area contributed by atoms with E-state index in [1.54, 1.807) is 0 Å². The zero-order chi connectivity index (χ0) is 10.8. The van der Waals surface area contributed by atoms with Gasteiger partial charge >= 0.3 is 5.97 Å². The molecular formula is C9H18N2O3. The van der Waals surface area contributed by atoms with Crippen molar-refractivity contribution in [1.82, 2.24) is 10.6 Å². The lowest BCUT2D eigenvalue weighted by atomic mass is 10.3. The van der Waals surface area contributed by atoms with Crippen LogP contribution in [-0.2, 0) is 14.3 Å². The summed E-state index contributed by atoms with van der Waals surface area (Å²) in [6.07, 6.45) is 1.32. The molecule has 0 aromatic heterocycles. The fraction of sp³-hybridized carbons (Fsp3) is 0.778. The van der Waals surface area contributed by atoms with Crippen LogP contribution in [0.5, 0.6) is 0 Å². The molecule has 0 atom stereocenters. The van der Waals surface area contributed by atoms with E-state index in [2.05, 4.69) is 15.4 Å². The zero-order valence-corrected chi connectivity index (χ0v) is 8.76. The molecule has 0 aromatic carbocycles. The maximum Gasteiger partial charge on any atom is 0.319 e. The molecule has 0 aliphatic rings. The molecule has 1 amide bonds. The summed E-state index contributed by atoms with van der Waals surface area (Å²) >= 11 is 0. The standard InChI is InChI=1S/C9H18N2O3/c1-3-5-11-8(12)4-6-10-7-9(13)14-2/h10H,3-7H2,1-2H3,(H,11,12). The lowest BCUT2D eigenvalue weighted by molar-refractivity contribution is -0.139. The Bertz CT molecular complexity index is 183. The van der Waals surface area contributed by atoms with Gasteiger partial charge in [-0.1, -0.05) is 6.92 Å². The second kappa shape index (κ2) is 8.50. The molecule has 5 heteroatoms. The topological polar surface area (TPSA) is 67.4 Å². The lowest BCUT2D eigenvalue weighted by Gasteiger charge is -2.04. The van der Waals surface area contributed by atoms with Gasteiger partial charge in [-0.2, -0.15) is 0 Å². The van der Waals surface area contributed by atoms with Gasteiger partial charge in [0.1, 0.15) is 0 Å². The van der Waals surface area contributed by atoms with Crippen molar-refractivity contribution in [1.29, 1.82) is 0 Å². The highest BCUT2D eigenvalue weighted by Gasteiger charge is 2.01. The van der Waals surface area contributed by atoms with E-state index in [0.717, 1.165) is 6.42 Å². The fourth-order valence-electron chi connectivity index (χ4n) is 0.817. The van der Waals surface area contributed by atoms with Crippen LogP contribution in [0.3, 0.4) is 0 Å². The molecule has 82 valence electrons. The molecule has 0 bridgehead atoms. The van der Waals surface area contributed by atoms with Gasteiger partial charge in [0.15, 0.2) is 0 Å². The Labute approximate surface area is 84.2 Å². The van der Waals surface area contributed by atoms with Crippen molar-refractivity contribution in [3.8, 4) is 0 Å². The first-order valence-corrected chi connectivity index (χ1v) is 4.75. The van der Waals surface area contributed by atoms with Crippen molar-refractivity contribution < 1.29 is 14.3 Å². The van der Waals surface area contributed by atoms with Gasteiger partial charge in [0.05, 0.1) is 13.7 Å². The number of carbonyl (C=O) groups is 2. The van der Waals surface area contributed by atoms with Gasteiger partial charge in [0, 0.05) is 19.5 Å². The Kier molecular flexibility index (Phi) is 7.83. The number of rotatable bonds is 7. The fourth-order valence-corrected chi connectivity index (χ4v) is 0.817. The molecule has 0 unspecified atom stereocenters. The lowest BCUT2D eigenvalue weighted by Crippen LogP contribution is -2.30. The summed E-state index contributed by atoms with van der Waals surface area (Å²) in [7, 11) is 1.33. The number of carbonyl (C=O) groups excluding carboxylic acids is 2. The van der Waals surface area contributed by atoms with E-state index in [9.17, 15) is 9.59 Å². The molecular weight excluding hydrogens is 184 g/mol. The molecule has 5 nitrogen and oxygen atoms in total. The largest absolute Gasteiger partial charge is 0.468 e. The summed E-state index contributed by atoms with van der Waals surface area (Å²) in [6, 6.07) is 0. The number of esters is 1. The molecule has 0 saturated carbocycles. The Hall–Kier alpha value is -1.10. The van der Waals surface area contributed by atoms with Crippen molar-refractivity contribution in [2.45, 2.75) is 19.8 Å². The minimum absolute atomic E-state index is 0.00390. The van der Waals surface area contributed by atoms with E-state index >= 15 is 0 Å². The molecule has 0 rings (SSSR count). The minimum Gasteiger partial charge on any atom is -0.468 e. The van der Waals surface area contributed by atoms with Crippen LogP contribution in [0.4, 0.5) is 0 Å². The summed E-state index contributed by atoms with van der Waals surface area (Å²) < 4.78 is 4.42. The number of amides is 1. The van der Waals surface area contributed by atoms with Crippen LogP contribution in [0.1, 0.15) is 19.8 Å². The van der Waals surface area contributed by atoms with Crippen LogP contribution in [0.2, 0.25) is 0 Å². The monoisotopic (exact) mass is 202 g/mol. The van der Waals surface area contributed by atoms with Crippen molar-refractivity contribution in [3.05, 3.63) is 0 Å². The number of nitrogens with one attached hydrogen (secondary N) is 2. The predicted octanol–water partition coefficient (Wildman–Crippen LogP) is -0.335. The molecule has 2 N–H and O–H groups in total. The Morgan fingerprint density at radius 1 is 1.29 bits per heavy atom. The molecule has 0 aliphatic heterocycles. The van der Waals surface area contributed by atoms with Crippen molar-refractivity contribution in [2.75, 3.05) is 26.7 Å². The Morgan fingerprint density at radius 3 is 2.57 bits per heavy atom. The summed E-state index contributed by atoms with van der Waals surface area (Å²) in [5, 5.41) is 5.55. The molecule has 0 saturated heterocycles. The molecule has 0 heterocycles. The summed E-state index contributed by atoms with van der Waals surface area (Å²) in [6.45, 7) is 3.34. The van der Waals surface area contributed by atoms with E-state index < -0.39 is 0 Å². The summed E-state index contributed by atoms with van der Waals surface area (Å²) in [5.41, 5.74) is 0. The van der Waals surface area contributed by atoms with Crippen LogP contribution in [0.25, 0.3) is 0 Å². The molecule has 14 heavy (non-hydrogen) atoms. The third-order valence-electron chi connectivity index (χ3n) is 1.60. The van der Waals surface area contributed by atoms with Gasteiger partial charge in [-0.05, 0) is 6.42 Å².